The van der Waals surface area contributed by atoms with Gasteiger partial charge in [-0.05, 0) is 43.8 Å². The second-order valence-corrected chi connectivity index (χ2v) is 6.86. The summed E-state index contributed by atoms with van der Waals surface area (Å²) < 4.78 is 0. The maximum absolute atomic E-state index is 12.0. The van der Waals surface area contributed by atoms with Crippen LogP contribution < -0.4 is 5.32 Å². The first-order valence-electron chi connectivity index (χ1n) is 6.59. The summed E-state index contributed by atoms with van der Waals surface area (Å²) >= 11 is 3.27. The second-order valence-electron chi connectivity index (χ2n) is 4.86. The van der Waals surface area contributed by atoms with E-state index >= 15 is 0 Å². The van der Waals surface area contributed by atoms with Crippen LogP contribution in [0, 0.1) is 13.8 Å². The predicted octanol–water partition coefficient (Wildman–Crippen LogP) is 4.33. The van der Waals surface area contributed by atoms with Gasteiger partial charge in [-0.1, -0.05) is 23.8 Å². The fourth-order valence-electron chi connectivity index (χ4n) is 1.90. The molecule has 0 aliphatic rings. The largest absolute Gasteiger partial charge is 0.348 e. The zero-order valence-electron chi connectivity index (χ0n) is 12.0. The Bertz CT molecular complexity index is 578. The minimum Gasteiger partial charge on any atom is -0.348 e. The fourth-order valence-corrected chi connectivity index (χ4v) is 3.57. The Labute approximate surface area is 128 Å². The number of benzene rings is 1. The molecule has 1 heterocycles. The van der Waals surface area contributed by atoms with Crippen LogP contribution in [0.4, 0.5) is 0 Å². The summed E-state index contributed by atoms with van der Waals surface area (Å²) in [7, 11) is 0. The molecule has 1 amide bonds. The molecule has 0 fully saturated rings. The molecule has 2 rings (SSSR count). The van der Waals surface area contributed by atoms with Gasteiger partial charge in [-0.15, -0.1) is 23.1 Å². The van der Waals surface area contributed by atoms with E-state index in [1.165, 1.54) is 20.9 Å². The Hall–Kier alpha value is -1.26. The Morgan fingerprint density at radius 2 is 2.15 bits per heavy atom. The number of nitrogens with one attached hydrogen (secondary N) is 1. The van der Waals surface area contributed by atoms with E-state index in [-0.39, 0.29) is 11.9 Å². The van der Waals surface area contributed by atoms with Gasteiger partial charge in [0.25, 0.3) is 0 Å². The minimum atomic E-state index is 0.0804. The third-order valence-corrected chi connectivity index (χ3v) is 5.26. The van der Waals surface area contributed by atoms with Gasteiger partial charge >= 0.3 is 0 Å². The lowest BCUT2D eigenvalue weighted by atomic mass is 10.2. The van der Waals surface area contributed by atoms with E-state index < -0.39 is 0 Å². The van der Waals surface area contributed by atoms with E-state index in [0.29, 0.717) is 5.75 Å². The summed E-state index contributed by atoms with van der Waals surface area (Å²) in [4.78, 5) is 14.4. The van der Waals surface area contributed by atoms with E-state index in [4.69, 9.17) is 0 Å². The molecule has 1 N–H and O–H groups in total. The van der Waals surface area contributed by atoms with Crippen LogP contribution in [0.1, 0.15) is 29.0 Å². The molecule has 4 heteroatoms. The van der Waals surface area contributed by atoms with Crippen LogP contribution in [0.15, 0.2) is 40.6 Å². The molecular weight excluding hydrogens is 286 g/mol. The molecule has 106 valence electrons. The maximum atomic E-state index is 12.0. The van der Waals surface area contributed by atoms with E-state index in [0.717, 1.165) is 0 Å². The van der Waals surface area contributed by atoms with Gasteiger partial charge in [0.1, 0.15) is 0 Å². The topological polar surface area (TPSA) is 29.1 Å². The standard InChI is InChI=1S/C16H19NOS2/c1-11-6-7-12(2)15(9-11)20-10-16(18)17-13(3)14-5-4-8-19-14/h4-9,13H,10H2,1-3H3,(H,17,18)/t13-/m1/s1. The van der Waals surface area contributed by atoms with Gasteiger partial charge in [0.15, 0.2) is 0 Å². The molecule has 1 aromatic heterocycles. The summed E-state index contributed by atoms with van der Waals surface area (Å²) in [5.41, 5.74) is 2.45. The summed E-state index contributed by atoms with van der Waals surface area (Å²) in [5.74, 6) is 0.539. The number of hydrogen-bond donors (Lipinski definition) is 1. The molecule has 0 saturated carbocycles. The molecule has 2 nitrogen and oxygen atoms in total. The molecule has 2 aromatic rings. The highest BCUT2D eigenvalue weighted by atomic mass is 32.2. The van der Waals surface area contributed by atoms with Crippen LogP contribution in [0.2, 0.25) is 0 Å². The van der Waals surface area contributed by atoms with Gasteiger partial charge in [0.2, 0.25) is 5.91 Å². The first-order chi connectivity index (χ1) is 9.56. The predicted molar refractivity (Wildman–Crippen MR) is 87.5 cm³/mol. The van der Waals surface area contributed by atoms with Crippen molar-refractivity contribution in [2.75, 3.05) is 5.75 Å². The molecule has 0 saturated heterocycles. The monoisotopic (exact) mass is 305 g/mol. The van der Waals surface area contributed by atoms with E-state index in [1.54, 1.807) is 23.1 Å². The number of thiophene rings is 1. The zero-order valence-corrected chi connectivity index (χ0v) is 13.6. The van der Waals surface area contributed by atoms with Gasteiger partial charge < -0.3 is 5.32 Å². The fraction of sp³-hybridized carbons (Fsp3) is 0.312. The Morgan fingerprint density at radius 3 is 2.85 bits per heavy atom. The van der Waals surface area contributed by atoms with Crippen molar-refractivity contribution < 1.29 is 4.79 Å². The highest BCUT2D eigenvalue weighted by Crippen LogP contribution is 2.24. The highest BCUT2D eigenvalue weighted by molar-refractivity contribution is 8.00. The average molecular weight is 305 g/mol. The SMILES string of the molecule is Cc1ccc(C)c(SCC(=O)N[C@H](C)c2cccs2)c1. The first kappa shape index (κ1) is 15.1. The van der Waals surface area contributed by atoms with Crippen molar-refractivity contribution in [3.05, 3.63) is 51.7 Å². The molecule has 1 aromatic carbocycles. The Kier molecular flexibility index (Phi) is 5.26. The molecule has 0 unspecified atom stereocenters. The molecule has 0 aliphatic heterocycles. The van der Waals surface area contributed by atoms with Gasteiger partial charge in [-0.25, -0.2) is 0 Å². The molecule has 0 spiro atoms. The Morgan fingerprint density at radius 1 is 1.35 bits per heavy atom. The normalized spacial score (nSPS) is 12.2. The average Bonchev–Trinajstić information content (AvgIpc) is 2.94. The van der Waals surface area contributed by atoms with Gasteiger partial charge in [0.05, 0.1) is 11.8 Å². The molecule has 1 atom stereocenters. The summed E-state index contributed by atoms with van der Waals surface area (Å²) in [6, 6.07) is 10.5. The van der Waals surface area contributed by atoms with Crippen molar-refractivity contribution >= 4 is 29.0 Å². The van der Waals surface area contributed by atoms with Crippen LogP contribution in [0.5, 0.6) is 0 Å². The summed E-state index contributed by atoms with van der Waals surface area (Å²) in [6.45, 7) is 6.17. The smallest absolute Gasteiger partial charge is 0.230 e. The quantitative estimate of drug-likeness (QED) is 0.833. The lowest BCUT2D eigenvalue weighted by Crippen LogP contribution is -2.27. The number of thioether (sulfide) groups is 1. The molecule has 0 bridgehead atoms. The van der Waals surface area contributed by atoms with Crippen LogP contribution in [0.3, 0.4) is 0 Å². The number of aryl methyl sites for hydroxylation is 2. The molecule has 0 aliphatic carbocycles. The second kappa shape index (κ2) is 6.95. The van der Waals surface area contributed by atoms with E-state index in [1.807, 2.05) is 24.4 Å². The van der Waals surface area contributed by atoms with Crippen molar-refractivity contribution in [2.45, 2.75) is 31.7 Å². The summed E-state index contributed by atoms with van der Waals surface area (Å²) in [5, 5.41) is 5.07. The minimum absolute atomic E-state index is 0.0804. The number of amides is 1. The van der Waals surface area contributed by atoms with Crippen molar-refractivity contribution in [1.29, 1.82) is 0 Å². The van der Waals surface area contributed by atoms with Crippen LogP contribution in [0.25, 0.3) is 0 Å². The molecular formula is C16H19NOS2. The number of carbonyl (C=O) groups excluding carboxylic acids is 1. The number of carbonyl (C=O) groups is 1. The van der Waals surface area contributed by atoms with Crippen molar-refractivity contribution in [3.63, 3.8) is 0 Å². The lowest BCUT2D eigenvalue weighted by molar-refractivity contribution is -0.119. The lowest BCUT2D eigenvalue weighted by Gasteiger charge is -2.12. The first-order valence-corrected chi connectivity index (χ1v) is 8.45. The summed E-state index contributed by atoms with van der Waals surface area (Å²) in [6.07, 6.45) is 0. The Balaban J connectivity index is 1.87. The van der Waals surface area contributed by atoms with Gasteiger partial charge in [-0.2, -0.15) is 0 Å². The van der Waals surface area contributed by atoms with Crippen LogP contribution in [-0.4, -0.2) is 11.7 Å². The molecule has 0 radical (unpaired) electrons. The van der Waals surface area contributed by atoms with Crippen molar-refractivity contribution in [3.8, 4) is 0 Å². The van der Waals surface area contributed by atoms with Crippen LogP contribution >= 0.6 is 23.1 Å². The maximum Gasteiger partial charge on any atom is 0.230 e. The van der Waals surface area contributed by atoms with Gasteiger partial charge in [-0.3, -0.25) is 4.79 Å². The molecule has 20 heavy (non-hydrogen) atoms. The van der Waals surface area contributed by atoms with Crippen molar-refractivity contribution in [1.82, 2.24) is 5.32 Å². The van der Waals surface area contributed by atoms with Gasteiger partial charge in [0, 0.05) is 9.77 Å². The van der Waals surface area contributed by atoms with E-state index in [9.17, 15) is 4.79 Å². The van der Waals surface area contributed by atoms with Crippen LogP contribution in [-0.2, 0) is 4.79 Å². The zero-order chi connectivity index (χ0) is 14.5. The van der Waals surface area contributed by atoms with E-state index in [2.05, 4.69) is 37.4 Å². The van der Waals surface area contributed by atoms with Crippen molar-refractivity contribution in [2.24, 2.45) is 0 Å². The third-order valence-electron chi connectivity index (χ3n) is 3.05. The number of rotatable bonds is 5. The highest BCUT2D eigenvalue weighted by Gasteiger charge is 2.11. The number of hydrogen-bond acceptors (Lipinski definition) is 3. The third kappa shape index (κ3) is 4.12.